The van der Waals surface area contributed by atoms with Gasteiger partial charge in [-0.15, -0.1) is 0 Å². The lowest BCUT2D eigenvalue weighted by Gasteiger charge is -1.97. The number of hydrogen-bond acceptors (Lipinski definition) is 0. The summed E-state index contributed by atoms with van der Waals surface area (Å²) in [6.45, 7) is 0. The van der Waals surface area contributed by atoms with Crippen LogP contribution < -0.4 is 0 Å². The van der Waals surface area contributed by atoms with Crippen LogP contribution in [0.5, 0.6) is 0 Å². The molecule has 1 aliphatic carbocycles. The van der Waals surface area contributed by atoms with Crippen molar-refractivity contribution in [2.75, 3.05) is 0 Å². The molecule has 0 heteroatoms. The van der Waals surface area contributed by atoms with Gasteiger partial charge in [0, 0.05) is 0 Å². The number of allylic oxidation sites excluding steroid dienone is 8. The second kappa shape index (κ2) is 9.51. The molecule has 0 amide bonds. The van der Waals surface area contributed by atoms with Crippen molar-refractivity contribution in [3.05, 3.63) is 48.6 Å². The zero-order chi connectivity index (χ0) is 10.6. The van der Waals surface area contributed by atoms with E-state index in [0.717, 1.165) is 6.42 Å². The van der Waals surface area contributed by atoms with Gasteiger partial charge in [0.15, 0.2) is 0 Å². The highest BCUT2D eigenvalue weighted by atomic mass is 13.9. The molecule has 0 aromatic rings. The molecule has 0 nitrogen and oxygen atoms in total. The van der Waals surface area contributed by atoms with E-state index < -0.39 is 0 Å². The van der Waals surface area contributed by atoms with Crippen molar-refractivity contribution in [1.82, 2.24) is 0 Å². The topological polar surface area (TPSA) is 0 Å². The van der Waals surface area contributed by atoms with Gasteiger partial charge in [0.1, 0.15) is 0 Å². The van der Waals surface area contributed by atoms with Crippen molar-refractivity contribution in [2.24, 2.45) is 0 Å². The summed E-state index contributed by atoms with van der Waals surface area (Å²) < 4.78 is 0. The molecule has 81 valence electrons. The summed E-state index contributed by atoms with van der Waals surface area (Å²) in [5, 5.41) is 0. The van der Waals surface area contributed by atoms with E-state index in [-0.39, 0.29) is 0 Å². The Hall–Kier alpha value is -1.04. The molecule has 0 fully saturated rings. The fourth-order valence-electron chi connectivity index (χ4n) is 1.59. The third kappa shape index (κ3) is 7.99. The molecular formula is C15H21. The summed E-state index contributed by atoms with van der Waals surface area (Å²) in [6, 6.07) is 0. The summed E-state index contributed by atoms with van der Waals surface area (Å²) in [5.41, 5.74) is 0. The van der Waals surface area contributed by atoms with E-state index in [9.17, 15) is 0 Å². The van der Waals surface area contributed by atoms with Crippen LogP contribution in [0.4, 0.5) is 0 Å². The van der Waals surface area contributed by atoms with E-state index in [0.29, 0.717) is 0 Å². The summed E-state index contributed by atoms with van der Waals surface area (Å²) >= 11 is 0. The lowest BCUT2D eigenvalue weighted by Crippen LogP contribution is -1.78. The Labute approximate surface area is 94.1 Å². The fourth-order valence-corrected chi connectivity index (χ4v) is 1.59. The van der Waals surface area contributed by atoms with Crippen LogP contribution in [0.15, 0.2) is 42.5 Å². The van der Waals surface area contributed by atoms with Crippen LogP contribution in [0.3, 0.4) is 0 Å². The highest BCUT2D eigenvalue weighted by Crippen LogP contribution is 2.08. The second-order valence-electron chi connectivity index (χ2n) is 3.88. The molecule has 1 aliphatic rings. The van der Waals surface area contributed by atoms with Crippen LogP contribution in [0, 0.1) is 6.08 Å². The molecule has 0 N–H and O–H groups in total. The van der Waals surface area contributed by atoms with Crippen molar-refractivity contribution in [1.29, 1.82) is 0 Å². The van der Waals surface area contributed by atoms with Crippen LogP contribution in [-0.2, 0) is 0 Å². The number of hydrogen-bond donors (Lipinski definition) is 0. The normalized spacial score (nSPS) is 28.3. The van der Waals surface area contributed by atoms with Crippen LogP contribution in [0.2, 0.25) is 0 Å². The van der Waals surface area contributed by atoms with Gasteiger partial charge in [-0.05, 0) is 31.8 Å². The van der Waals surface area contributed by atoms with Gasteiger partial charge in [-0.1, -0.05) is 61.8 Å². The van der Waals surface area contributed by atoms with E-state index in [2.05, 4.69) is 36.5 Å². The van der Waals surface area contributed by atoms with E-state index in [1.165, 1.54) is 38.5 Å². The minimum absolute atomic E-state index is 1.10. The Morgan fingerprint density at radius 2 is 1.40 bits per heavy atom. The van der Waals surface area contributed by atoms with Gasteiger partial charge in [-0.2, -0.15) is 0 Å². The quantitative estimate of drug-likeness (QED) is 0.530. The SMILES string of the molecule is [C]1=C/C=C\C=C\C=C\CCCCCCC/1. The third-order valence-electron chi connectivity index (χ3n) is 2.49. The van der Waals surface area contributed by atoms with Crippen molar-refractivity contribution in [2.45, 2.75) is 44.9 Å². The Morgan fingerprint density at radius 3 is 2.40 bits per heavy atom. The van der Waals surface area contributed by atoms with E-state index in [1.54, 1.807) is 0 Å². The van der Waals surface area contributed by atoms with Gasteiger partial charge in [0.05, 0.1) is 0 Å². The Bertz CT molecular complexity index is 215. The molecule has 0 heterocycles. The van der Waals surface area contributed by atoms with Gasteiger partial charge in [0.25, 0.3) is 0 Å². The van der Waals surface area contributed by atoms with Crippen molar-refractivity contribution in [3.63, 3.8) is 0 Å². The molecule has 0 bridgehead atoms. The molecule has 0 unspecified atom stereocenters. The number of rotatable bonds is 0. The largest absolute Gasteiger partial charge is 0.0845 e. The molecular weight excluding hydrogens is 180 g/mol. The molecule has 15 heavy (non-hydrogen) atoms. The average Bonchev–Trinajstić information content (AvgIpc) is 2.27. The smallest absolute Gasteiger partial charge is 0.0276 e. The first-order valence-electron chi connectivity index (χ1n) is 6.05. The molecule has 0 aromatic carbocycles. The van der Waals surface area contributed by atoms with Crippen LogP contribution in [0.1, 0.15) is 44.9 Å². The summed E-state index contributed by atoms with van der Waals surface area (Å²) in [5.74, 6) is 0. The first-order valence-corrected chi connectivity index (χ1v) is 6.05. The maximum Gasteiger partial charge on any atom is -0.0276 e. The molecule has 1 radical (unpaired) electrons. The van der Waals surface area contributed by atoms with Crippen LogP contribution in [-0.4, -0.2) is 0 Å². The van der Waals surface area contributed by atoms with Gasteiger partial charge in [-0.25, -0.2) is 0 Å². The minimum Gasteiger partial charge on any atom is -0.0845 e. The molecule has 0 saturated heterocycles. The first-order chi connectivity index (χ1) is 7.50. The van der Waals surface area contributed by atoms with Gasteiger partial charge < -0.3 is 0 Å². The minimum atomic E-state index is 1.10. The molecule has 0 atom stereocenters. The molecule has 0 aliphatic heterocycles. The van der Waals surface area contributed by atoms with Crippen molar-refractivity contribution < 1.29 is 0 Å². The van der Waals surface area contributed by atoms with Crippen LogP contribution >= 0.6 is 0 Å². The summed E-state index contributed by atoms with van der Waals surface area (Å²) in [7, 11) is 0. The van der Waals surface area contributed by atoms with E-state index in [1.807, 2.05) is 12.2 Å². The van der Waals surface area contributed by atoms with E-state index >= 15 is 0 Å². The predicted octanol–water partition coefficient (Wildman–Crippen LogP) is 4.76. The van der Waals surface area contributed by atoms with Crippen molar-refractivity contribution in [3.8, 4) is 0 Å². The van der Waals surface area contributed by atoms with Gasteiger partial charge >= 0.3 is 0 Å². The zero-order valence-corrected chi connectivity index (χ0v) is 9.49. The third-order valence-corrected chi connectivity index (χ3v) is 2.49. The van der Waals surface area contributed by atoms with Gasteiger partial charge in [0.2, 0.25) is 0 Å². The first kappa shape index (κ1) is 12.0. The average molecular weight is 201 g/mol. The molecule has 1 rings (SSSR count). The second-order valence-corrected chi connectivity index (χ2v) is 3.88. The zero-order valence-electron chi connectivity index (χ0n) is 9.49. The van der Waals surface area contributed by atoms with Crippen molar-refractivity contribution >= 4 is 0 Å². The van der Waals surface area contributed by atoms with Gasteiger partial charge in [-0.3, -0.25) is 0 Å². The molecule has 0 aromatic heterocycles. The predicted molar refractivity (Wildman–Crippen MR) is 67.6 cm³/mol. The Balaban J connectivity index is 2.34. The highest BCUT2D eigenvalue weighted by molar-refractivity contribution is 5.14. The molecule has 0 spiro atoms. The maximum atomic E-state index is 3.29. The Morgan fingerprint density at radius 1 is 0.667 bits per heavy atom. The summed E-state index contributed by atoms with van der Waals surface area (Å²) in [4.78, 5) is 0. The standard InChI is InChI=1S/C15H21/c1-2-4-6-8-10-12-14-15-13-11-9-7-5-3-1/h1-7H,8,10-15H2/b2-1+,5-3-,6-4+,9-7?. The highest BCUT2D eigenvalue weighted by Gasteiger charge is 1.88. The summed E-state index contributed by atoms with van der Waals surface area (Å²) in [6.07, 6.45) is 27.0. The maximum absolute atomic E-state index is 3.29. The Kier molecular flexibility index (Phi) is 7.63. The lowest BCUT2D eigenvalue weighted by atomic mass is 10.1. The monoisotopic (exact) mass is 201 g/mol. The van der Waals surface area contributed by atoms with Crippen LogP contribution in [0.25, 0.3) is 0 Å². The lowest BCUT2D eigenvalue weighted by molar-refractivity contribution is 0.619. The molecule has 0 saturated carbocycles. The fraction of sp³-hybridized carbons (Fsp3) is 0.467. The van der Waals surface area contributed by atoms with E-state index in [4.69, 9.17) is 0 Å².